The Morgan fingerprint density at radius 2 is 1.66 bits per heavy atom. The molecule has 0 atom stereocenters. The lowest BCUT2D eigenvalue weighted by Gasteiger charge is -2.06. The number of aryl methyl sites for hydroxylation is 4. The molecule has 6 nitrogen and oxygen atoms in total. The van der Waals surface area contributed by atoms with Crippen LogP contribution in [0.4, 0.5) is 5.69 Å². The number of rotatable bonds is 7. The van der Waals surface area contributed by atoms with E-state index in [1.807, 2.05) is 75.4 Å². The van der Waals surface area contributed by atoms with E-state index >= 15 is 0 Å². The van der Waals surface area contributed by atoms with Crippen molar-refractivity contribution in [3.63, 3.8) is 0 Å². The molecule has 1 amide bonds. The number of anilines is 1. The lowest BCUT2D eigenvalue weighted by molar-refractivity contribution is -0.116. The van der Waals surface area contributed by atoms with Crippen LogP contribution in [0.25, 0.3) is 11.3 Å². The molecule has 0 saturated heterocycles. The van der Waals surface area contributed by atoms with Crippen LogP contribution < -0.4 is 5.32 Å². The number of benzene rings is 2. The van der Waals surface area contributed by atoms with E-state index in [9.17, 15) is 4.79 Å². The quantitative estimate of drug-likeness (QED) is 0.364. The molecular weight excluding hydrogens is 420 g/mol. The predicted molar refractivity (Wildman–Crippen MR) is 126 cm³/mol. The Kier molecular flexibility index (Phi) is 6.66. The Labute approximate surface area is 191 Å². The van der Waals surface area contributed by atoms with Crippen LogP contribution in [-0.2, 0) is 11.2 Å². The summed E-state index contributed by atoms with van der Waals surface area (Å²) in [7, 11) is 0. The van der Waals surface area contributed by atoms with E-state index in [-0.39, 0.29) is 5.91 Å². The van der Waals surface area contributed by atoms with Crippen LogP contribution in [0.3, 0.4) is 0 Å². The fourth-order valence-corrected chi connectivity index (χ4v) is 4.03. The molecule has 0 aliphatic heterocycles. The van der Waals surface area contributed by atoms with Crippen LogP contribution in [0.15, 0.2) is 75.3 Å². The van der Waals surface area contributed by atoms with Gasteiger partial charge in [0.05, 0.1) is 6.20 Å². The lowest BCUT2D eigenvalue weighted by atomic mass is 10.1. The summed E-state index contributed by atoms with van der Waals surface area (Å²) in [6.45, 7) is 5.96. The maximum absolute atomic E-state index is 12.3. The number of oxazole rings is 1. The van der Waals surface area contributed by atoms with Gasteiger partial charge in [-0.2, -0.15) is 0 Å². The minimum absolute atomic E-state index is 0.0851. The van der Waals surface area contributed by atoms with Crippen LogP contribution in [0.1, 0.15) is 29.3 Å². The third-order valence-electron chi connectivity index (χ3n) is 4.76. The zero-order valence-corrected chi connectivity index (χ0v) is 19.1. The highest BCUT2D eigenvalue weighted by atomic mass is 32.2. The van der Waals surface area contributed by atoms with Crippen molar-refractivity contribution in [2.24, 2.45) is 0 Å². The molecular formula is C25H24N4O2S. The summed E-state index contributed by atoms with van der Waals surface area (Å²) >= 11 is 1.50. The number of aromatic nitrogens is 3. The molecule has 0 fully saturated rings. The summed E-state index contributed by atoms with van der Waals surface area (Å²) in [5.41, 5.74) is 4.80. The molecule has 0 aliphatic rings. The first-order chi connectivity index (χ1) is 15.4. The van der Waals surface area contributed by atoms with Crippen molar-refractivity contribution >= 4 is 23.4 Å². The van der Waals surface area contributed by atoms with Gasteiger partial charge in [-0.25, -0.2) is 15.0 Å². The van der Waals surface area contributed by atoms with Gasteiger partial charge in [0.2, 0.25) is 5.91 Å². The highest BCUT2D eigenvalue weighted by Crippen LogP contribution is 2.26. The predicted octanol–water partition coefficient (Wildman–Crippen LogP) is 5.78. The van der Waals surface area contributed by atoms with E-state index in [2.05, 4.69) is 20.3 Å². The number of hydrogen-bond donors (Lipinski definition) is 1. The fraction of sp³-hybridized carbons (Fsp3) is 0.200. The first-order valence-electron chi connectivity index (χ1n) is 10.4. The van der Waals surface area contributed by atoms with Gasteiger partial charge in [-0.05, 0) is 62.9 Å². The van der Waals surface area contributed by atoms with Gasteiger partial charge in [-0.3, -0.25) is 4.79 Å². The molecule has 2 aromatic carbocycles. The minimum Gasteiger partial charge on any atom is -0.441 e. The Hall–Kier alpha value is -3.45. The Morgan fingerprint density at radius 1 is 0.969 bits per heavy atom. The van der Waals surface area contributed by atoms with Crippen molar-refractivity contribution in [1.82, 2.24) is 15.0 Å². The van der Waals surface area contributed by atoms with Gasteiger partial charge in [0.25, 0.3) is 0 Å². The summed E-state index contributed by atoms with van der Waals surface area (Å²) in [6.07, 6.45) is 2.43. The molecule has 0 unspecified atom stereocenters. The molecule has 0 aliphatic carbocycles. The van der Waals surface area contributed by atoms with Gasteiger partial charge in [0.15, 0.2) is 16.8 Å². The first-order valence-corrected chi connectivity index (χ1v) is 11.2. The summed E-state index contributed by atoms with van der Waals surface area (Å²) in [4.78, 5) is 26.5. The highest BCUT2D eigenvalue weighted by Gasteiger charge is 2.10. The second-order valence-corrected chi connectivity index (χ2v) is 8.63. The number of amides is 1. The molecule has 0 radical (unpaired) electrons. The average Bonchev–Trinajstić information content (AvgIpc) is 3.23. The first kappa shape index (κ1) is 21.8. The maximum atomic E-state index is 12.3. The van der Waals surface area contributed by atoms with E-state index in [4.69, 9.17) is 4.42 Å². The molecule has 4 aromatic rings. The molecule has 0 saturated carbocycles. The third kappa shape index (κ3) is 5.82. The van der Waals surface area contributed by atoms with Gasteiger partial charge in [0.1, 0.15) is 0 Å². The van der Waals surface area contributed by atoms with Gasteiger partial charge in [0, 0.05) is 40.4 Å². The van der Waals surface area contributed by atoms with Gasteiger partial charge >= 0.3 is 0 Å². The second-order valence-electron chi connectivity index (χ2n) is 7.59. The number of carbonyl (C=O) groups excluding carboxylic acids is 1. The number of carbonyl (C=O) groups is 1. The number of nitrogens with zero attached hydrogens (tertiary/aromatic N) is 3. The molecule has 1 N–H and O–H groups in total. The normalized spacial score (nSPS) is 10.8. The molecule has 0 bridgehead atoms. The largest absolute Gasteiger partial charge is 0.441 e. The van der Waals surface area contributed by atoms with Gasteiger partial charge < -0.3 is 9.73 Å². The standard InChI is InChI=1S/C25H24N4O2S/c1-16-4-6-19(7-5-16)22-15-26-24(31-22)13-12-23(30)29-20-8-10-21(11-9-20)32-25-27-17(2)14-18(3)28-25/h4-11,14-15H,12-13H2,1-3H3,(H,29,30). The van der Waals surface area contributed by atoms with E-state index in [1.54, 1.807) is 6.20 Å². The van der Waals surface area contributed by atoms with E-state index in [0.717, 1.165) is 32.7 Å². The lowest BCUT2D eigenvalue weighted by Crippen LogP contribution is -2.12. The van der Waals surface area contributed by atoms with Gasteiger partial charge in [-0.1, -0.05) is 29.8 Å². The van der Waals surface area contributed by atoms with Crippen LogP contribution in [0, 0.1) is 20.8 Å². The summed E-state index contributed by atoms with van der Waals surface area (Å²) in [6, 6.07) is 17.7. The monoisotopic (exact) mass is 444 g/mol. The Bertz CT molecular complexity index is 1200. The zero-order chi connectivity index (χ0) is 22.5. The smallest absolute Gasteiger partial charge is 0.224 e. The molecule has 4 rings (SSSR count). The summed E-state index contributed by atoms with van der Waals surface area (Å²) < 4.78 is 5.79. The van der Waals surface area contributed by atoms with Crippen molar-refractivity contribution in [2.75, 3.05) is 5.32 Å². The van der Waals surface area contributed by atoms with Crippen LogP contribution in [0.5, 0.6) is 0 Å². The van der Waals surface area contributed by atoms with Crippen LogP contribution in [-0.4, -0.2) is 20.9 Å². The van der Waals surface area contributed by atoms with Crippen molar-refractivity contribution in [1.29, 1.82) is 0 Å². The van der Waals surface area contributed by atoms with Crippen LogP contribution in [0.2, 0.25) is 0 Å². The zero-order valence-electron chi connectivity index (χ0n) is 18.3. The summed E-state index contributed by atoms with van der Waals surface area (Å²) in [5.74, 6) is 1.18. The Balaban J connectivity index is 1.29. The maximum Gasteiger partial charge on any atom is 0.224 e. The van der Waals surface area contributed by atoms with Crippen molar-refractivity contribution in [2.45, 2.75) is 43.7 Å². The van der Waals surface area contributed by atoms with Gasteiger partial charge in [-0.15, -0.1) is 0 Å². The third-order valence-corrected chi connectivity index (χ3v) is 5.64. The highest BCUT2D eigenvalue weighted by molar-refractivity contribution is 7.99. The minimum atomic E-state index is -0.0851. The molecule has 162 valence electrons. The molecule has 2 aromatic heterocycles. The molecule has 2 heterocycles. The second kappa shape index (κ2) is 9.78. The Morgan fingerprint density at radius 3 is 2.34 bits per heavy atom. The van der Waals surface area contributed by atoms with Crippen LogP contribution >= 0.6 is 11.8 Å². The number of hydrogen-bond acceptors (Lipinski definition) is 6. The molecule has 7 heteroatoms. The summed E-state index contributed by atoms with van der Waals surface area (Å²) in [5, 5.41) is 3.64. The van der Waals surface area contributed by atoms with E-state index in [0.29, 0.717) is 24.5 Å². The molecule has 0 spiro atoms. The topological polar surface area (TPSA) is 80.9 Å². The van der Waals surface area contributed by atoms with Crippen molar-refractivity contribution < 1.29 is 9.21 Å². The molecule has 32 heavy (non-hydrogen) atoms. The average molecular weight is 445 g/mol. The number of nitrogens with one attached hydrogen (secondary N) is 1. The van der Waals surface area contributed by atoms with Crippen molar-refractivity contribution in [3.05, 3.63) is 83.6 Å². The fourth-order valence-electron chi connectivity index (χ4n) is 3.17. The van der Waals surface area contributed by atoms with E-state index < -0.39 is 0 Å². The SMILES string of the molecule is Cc1ccc(-c2cnc(CCC(=O)Nc3ccc(Sc4nc(C)cc(C)n4)cc3)o2)cc1. The van der Waals surface area contributed by atoms with Crippen molar-refractivity contribution in [3.8, 4) is 11.3 Å². The van der Waals surface area contributed by atoms with E-state index in [1.165, 1.54) is 17.3 Å².